The number of hydrogen-bond acceptors (Lipinski definition) is 4. The van der Waals surface area contributed by atoms with Crippen molar-refractivity contribution in [3.05, 3.63) is 73.6 Å². The molecule has 0 aliphatic rings. The number of nitrogens with zero attached hydrogens (tertiary/aromatic N) is 1. The van der Waals surface area contributed by atoms with Crippen LogP contribution in [0.15, 0.2) is 46.1 Å². The van der Waals surface area contributed by atoms with Crippen LogP contribution in [0.2, 0.25) is 10.0 Å². The summed E-state index contributed by atoms with van der Waals surface area (Å²) < 4.78 is 28.5. The molecule has 1 heterocycles. The van der Waals surface area contributed by atoms with E-state index >= 15 is 0 Å². The van der Waals surface area contributed by atoms with Gasteiger partial charge in [0, 0.05) is 28.0 Å². The monoisotopic (exact) mass is 437 g/mol. The molecule has 2 N–H and O–H groups in total. The Morgan fingerprint density at radius 3 is 2.46 bits per heavy atom. The van der Waals surface area contributed by atoms with E-state index in [1.54, 1.807) is 51.1 Å². The van der Waals surface area contributed by atoms with E-state index in [0.29, 0.717) is 38.9 Å². The molecule has 6 nitrogen and oxygen atoms in total. The molecule has 3 rings (SSSR count). The van der Waals surface area contributed by atoms with Crippen LogP contribution in [-0.4, -0.2) is 18.4 Å². The Balaban J connectivity index is 2.04. The second kappa shape index (κ2) is 7.58. The zero-order valence-electron chi connectivity index (χ0n) is 15.3. The third-order valence-electron chi connectivity index (χ3n) is 4.11. The molecule has 0 atom stereocenters. The molecule has 146 valence electrons. The number of rotatable bonds is 4. The van der Waals surface area contributed by atoms with Crippen LogP contribution in [0.5, 0.6) is 0 Å². The quantitative estimate of drug-likeness (QED) is 0.629. The minimum absolute atomic E-state index is 0.0633. The van der Waals surface area contributed by atoms with Crippen LogP contribution in [0.4, 0.5) is 5.69 Å². The Bertz CT molecular complexity index is 1210. The first kappa shape index (κ1) is 20.4. The van der Waals surface area contributed by atoms with E-state index in [2.05, 4.69) is 14.7 Å². The Morgan fingerprint density at radius 1 is 1.07 bits per heavy atom. The van der Waals surface area contributed by atoms with Crippen molar-refractivity contribution in [2.75, 3.05) is 4.72 Å². The number of aromatic nitrogens is 2. The molecule has 0 aliphatic carbocycles. The summed E-state index contributed by atoms with van der Waals surface area (Å²) >= 11 is 12.4. The number of halogens is 2. The predicted octanol–water partition coefficient (Wildman–Crippen LogP) is 4.47. The maximum Gasteiger partial charge on any atom is 0.263 e. The molecule has 9 heteroatoms. The van der Waals surface area contributed by atoms with Gasteiger partial charge in [0.15, 0.2) is 0 Å². The summed E-state index contributed by atoms with van der Waals surface area (Å²) in [6, 6.07) is 9.55. The maximum absolute atomic E-state index is 13.0. The number of benzene rings is 2. The predicted molar refractivity (Wildman–Crippen MR) is 112 cm³/mol. The lowest BCUT2D eigenvalue weighted by molar-refractivity contribution is 0.600. The third-order valence-corrected chi connectivity index (χ3v) is 6.66. The smallest absolute Gasteiger partial charge is 0.263 e. The van der Waals surface area contributed by atoms with Crippen molar-refractivity contribution < 1.29 is 8.42 Å². The second-order valence-electron chi connectivity index (χ2n) is 6.37. The summed E-state index contributed by atoms with van der Waals surface area (Å²) in [7, 11) is -3.99. The highest BCUT2D eigenvalue weighted by molar-refractivity contribution is 7.93. The molecule has 0 fully saturated rings. The molecule has 3 aromatic rings. The van der Waals surface area contributed by atoms with E-state index < -0.39 is 10.0 Å². The van der Waals surface area contributed by atoms with E-state index in [4.69, 9.17) is 23.2 Å². The molecule has 0 spiro atoms. The highest BCUT2D eigenvalue weighted by Crippen LogP contribution is 2.34. The fourth-order valence-corrected chi connectivity index (χ4v) is 5.05. The van der Waals surface area contributed by atoms with Crippen LogP contribution in [0.25, 0.3) is 11.4 Å². The van der Waals surface area contributed by atoms with Gasteiger partial charge in [-0.3, -0.25) is 9.52 Å². The average Bonchev–Trinajstić information content (AvgIpc) is 2.59. The van der Waals surface area contributed by atoms with Crippen molar-refractivity contribution in [1.29, 1.82) is 0 Å². The summed E-state index contributed by atoms with van der Waals surface area (Å²) in [5.41, 5.74) is 2.06. The Morgan fingerprint density at radius 2 is 1.79 bits per heavy atom. The largest absolute Gasteiger partial charge is 0.307 e. The van der Waals surface area contributed by atoms with Crippen LogP contribution in [0.3, 0.4) is 0 Å². The van der Waals surface area contributed by atoms with E-state index in [-0.39, 0.29) is 15.5 Å². The normalized spacial score (nSPS) is 11.5. The molecular weight excluding hydrogens is 421 g/mol. The lowest BCUT2D eigenvalue weighted by atomic mass is 10.2. The molecule has 0 radical (unpaired) electrons. The molecule has 0 bridgehead atoms. The van der Waals surface area contributed by atoms with Crippen molar-refractivity contribution >= 4 is 38.9 Å². The standard InChI is InChI=1S/C19H17Cl2N3O3S/c1-10-7-15(20)12(3)18(17(10)21)28(26,27)24-14-6-4-5-13(9-14)19-22-11(2)8-16(25)23-19/h4-9,24H,1-3H3,(H,22,23,25). The van der Waals surface area contributed by atoms with Crippen molar-refractivity contribution in [3.63, 3.8) is 0 Å². The van der Waals surface area contributed by atoms with Crippen molar-refractivity contribution in [1.82, 2.24) is 9.97 Å². The summed E-state index contributed by atoms with van der Waals surface area (Å²) in [6.07, 6.45) is 0. The number of nitrogens with one attached hydrogen (secondary N) is 2. The van der Waals surface area contributed by atoms with Crippen LogP contribution in [-0.2, 0) is 10.0 Å². The fraction of sp³-hybridized carbons (Fsp3) is 0.158. The lowest BCUT2D eigenvalue weighted by Crippen LogP contribution is -2.16. The summed E-state index contributed by atoms with van der Waals surface area (Å²) in [6.45, 7) is 4.99. The zero-order valence-corrected chi connectivity index (χ0v) is 17.6. The first-order valence-electron chi connectivity index (χ1n) is 8.25. The van der Waals surface area contributed by atoms with Crippen LogP contribution < -0.4 is 10.3 Å². The van der Waals surface area contributed by atoms with E-state index in [1.807, 2.05) is 0 Å². The summed E-state index contributed by atoms with van der Waals surface area (Å²) in [4.78, 5) is 18.5. The Kier molecular flexibility index (Phi) is 5.52. The minimum Gasteiger partial charge on any atom is -0.307 e. The first-order chi connectivity index (χ1) is 13.1. The third kappa shape index (κ3) is 4.06. The topological polar surface area (TPSA) is 91.9 Å². The molecule has 0 unspecified atom stereocenters. The highest BCUT2D eigenvalue weighted by atomic mass is 35.5. The molecular formula is C19H17Cl2N3O3S. The molecule has 0 aliphatic heterocycles. The first-order valence-corrected chi connectivity index (χ1v) is 10.5. The number of sulfonamides is 1. The highest BCUT2D eigenvalue weighted by Gasteiger charge is 2.24. The van der Waals surface area contributed by atoms with Crippen LogP contribution in [0.1, 0.15) is 16.8 Å². The van der Waals surface area contributed by atoms with Gasteiger partial charge in [-0.1, -0.05) is 35.3 Å². The van der Waals surface area contributed by atoms with Gasteiger partial charge in [-0.05, 0) is 50.1 Å². The number of aryl methyl sites for hydroxylation is 2. The van der Waals surface area contributed by atoms with Gasteiger partial charge in [-0.25, -0.2) is 13.4 Å². The zero-order chi connectivity index (χ0) is 20.6. The molecule has 2 aromatic carbocycles. The second-order valence-corrected chi connectivity index (χ2v) is 8.77. The molecule has 28 heavy (non-hydrogen) atoms. The maximum atomic E-state index is 13.0. The Hall–Kier alpha value is -2.35. The number of aromatic amines is 1. The SMILES string of the molecule is Cc1cc(=O)[nH]c(-c2cccc(NS(=O)(=O)c3c(C)c(Cl)cc(C)c3Cl)c2)n1. The van der Waals surface area contributed by atoms with Gasteiger partial charge >= 0.3 is 0 Å². The van der Waals surface area contributed by atoms with Gasteiger partial charge < -0.3 is 4.98 Å². The van der Waals surface area contributed by atoms with Crippen LogP contribution in [0, 0.1) is 20.8 Å². The molecule has 0 amide bonds. The summed E-state index contributed by atoms with van der Waals surface area (Å²) in [5.74, 6) is 0.346. The van der Waals surface area contributed by atoms with Gasteiger partial charge in [0.05, 0.1) is 5.02 Å². The van der Waals surface area contributed by atoms with E-state index in [1.165, 1.54) is 6.07 Å². The Labute approximate surface area is 172 Å². The summed E-state index contributed by atoms with van der Waals surface area (Å²) in [5, 5.41) is 0.438. The van der Waals surface area contributed by atoms with Crippen molar-refractivity contribution in [3.8, 4) is 11.4 Å². The van der Waals surface area contributed by atoms with Gasteiger partial charge in [-0.2, -0.15) is 0 Å². The van der Waals surface area contributed by atoms with Gasteiger partial charge in [0.2, 0.25) is 0 Å². The van der Waals surface area contributed by atoms with Gasteiger partial charge in [-0.15, -0.1) is 0 Å². The van der Waals surface area contributed by atoms with E-state index in [0.717, 1.165) is 0 Å². The van der Waals surface area contributed by atoms with Crippen LogP contribution >= 0.6 is 23.2 Å². The molecule has 0 saturated carbocycles. The number of hydrogen-bond donors (Lipinski definition) is 2. The van der Waals surface area contributed by atoms with E-state index in [9.17, 15) is 13.2 Å². The van der Waals surface area contributed by atoms with Gasteiger partial charge in [0.25, 0.3) is 15.6 Å². The molecule has 1 aromatic heterocycles. The number of H-pyrrole nitrogens is 1. The lowest BCUT2D eigenvalue weighted by Gasteiger charge is -2.15. The minimum atomic E-state index is -3.99. The fourth-order valence-electron chi connectivity index (χ4n) is 2.79. The average molecular weight is 438 g/mol. The van der Waals surface area contributed by atoms with Crippen molar-refractivity contribution in [2.45, 2.75) is 25.7 Å². The van der Waals surface area contributed by atoms with Crippen molar-refractivity contribution in [2.24, 2.45) is 0 Å². The number of anilines is 1. The molecule has 0 saturated heterocycles. The van der Waals surface area contributed by atoms with Gasteiger partial charge in [0.1, 0.15) is 10.7 Å².